The molecule has 13 heteroatoms. The Morgan fingerprint density at radius 2 is 1.29 bits per heavy atom. The first-order valence-electron chi connectivity index (χ1n) is 22.3. The highest BCUT2D eigenvalue weighted by Gasteiger charge is 2.40. The third-order valence-electron chi connectivity index (χ3n) is 13.1. The van der Waals surface area contributed by atoms with E-state index in [4.69, 9.17) is 19.5 Å². The summed E-state index contributed by atoms with van der Waals surface area (Å²) in [5, 5.41) is 7.75. The van der Waals surface area contributed by atoms with Gasteiger partial charge in [-0.15, -0.1) is 0 Å². The normalized spacial score (nSPS) is 17.7. The summed E-state index contributed by atoms with van der Waals surface area (Å²) in [6.45, 7) is 5.01. The lowest BCUT2D eigenvalue weighted by Gasteiger charge is -2.30. The van der Waals surface area contributed by atoms with Crippen molar-refractivity contribution >= 4 is 46.2 Å². The lowest BCUT2D eigenvalue weighted by molar-refractivity contribution is -0.135. The van der Waals surface area contributed by atoms with Gasteiger partial charge in [0.2, 0.25) is 11.8 Å². The van der Waals surface area contributed by atoms with Crippen molar-refractivity contribution in [2.45, 2.75) is 70.1 Å². The zero-order chi connectivity index (χ0) is 45.2. The number of benzene rings is 5. The van der Waals surface area contributed by atoms with Crippen LogP contribution in [0.5, 0.6) is 0 Å². The molecule has 9 rings (SSSR count). The van der Waals surface area contributed by atoms with Crippen LogP contribution in [0.25, 0.3) is 44.3 Å². The van der Waals surface area contributed by atoms with E-state index < -0.39 is 24.3 Å². The fourth-order valence-electron chi connectivity index (χ4n) is 9.62. The minimum atomic E-state index is -0.857. The number of fused-ring (bicyclic) bond motifs is 3. The Balaban J connectivity index is 0.858. The van der Waals surface area contributed by atoms with Gasteiger partial charge >= 0.3 is 12.2 Å². The Morgan fingerprint density at radius 1 is 0.692 bits per heavy atom. The monoisotopic (exact) mass is 871 g/mol. The summed E-state index contributed by atoms with van der Waals surface area (Å²) in [6, 6.07) is 35.2. The molecule has 3 aliphatic heterocycles. The van der Waals surface area contributed by atoms with E-state index >= 15 is 0 Å². The van der Waals surface area contributed by atoms with Gasteiger partial charge < -0.3 is 34.9 Å². The van der Waals surface area contributed by atoms with Crippen molar-refractivity contribution in [2.24, 2.45) is 10.9 Å². The van der Waals surface area contributed by atoms with E-state index in [1.807, 2.05) is 60.2 Å². The summed E-state index contributed by atoms with van der Waals surface area (Å²) < 4.78 is 9.65. The highest BCUT2D eigenvalue weighted by atomic mass is 16.5. The van der Waals surface area contributed by atoms with E-state index in [-0.39, 0.29) is 29.8 Å². The molecule has 4 heterocycles. The number of amides is 4. The first-order chi connectivity index (χ1) is 31.6. The predicted octanol–water partition coefficient (Wildman–Crippen LogP) is 9.32. The summed E-state index contributed by atoms with van der Waals surface area (Å²) in [5.74, 6) is 0.328. The Bertz CT molecular complexity index is 2770. The maximum Gasteiger partial charge on any atom is 0.407 e. The van der Waals surface area contributed by atoms with Gasteiger partial charge in [-0.2, -0.15) is 0 Å². The summed E-state index contributed by atoms with van der Waals surface area (Å²) >= 11 is 0. The Morgan fingerprint density at radius 3 is 1.95 bits per heavy atom. The van der Waals surface area contributed by atoms with Crippen LogP contribution in [0.2, 0.25) is 0 Å². The summed E-state index contributed by atoms with van der Waals surface area (Å²) in [4.78, 5) is 68.9. The van der Waals surface area contributed by atoms with Crippen LogP contribution in [0.15, 0.2) is 120 Å². The van der Waals surface area contributed by atoms with Crippen LogP contribution in [-0.4, -0.2) is 88.9 Å². The molecule has 1 aromatic heterocycles. The number of aliphatic imine (C=N–C) groups is 1. The number of nitrogens with zero attached hydrogens (tertiary/aromatic N) is 4. The van der Waals surface area contributed by atoms with Crippen molar-refractivity contribution in [3.8, 4) is 33.5 Å². The molecule has 3 aliphatic rings. The SMILES string of the molecule is COC(=O)N[C@H](C(=O)N1CCC[C@H]1c1ncc(-c2ccc(-c3ccc(-c4ccc5c6c(ccc5c4)N=C([C@@H]4CCCN4C(=O)[C@H](NC(=O)OC)c4ccccc4)C6)cc3)cc2)[nH]1)C(C)C. The van der Waals surface area contributed by atoms with Gasteiger partial charge in [0.1, 0.15) is 17.9 Å². The highest BCUT2D eigenvalue weighted by molar-refractivity contribution is 6.06. The fourth-order valence-corrected chi connectivity index (χ4v) is 9.62. The minimum absolute atomic E-state index is 0.104. The number of methoxy groups -OCH3 is 2. The van der Waals surface area contributed by atoms with Gasteiger partial charge in [0.05, 0.1) is 43.9 Å². The van der Waals surface area contributed by atoms with Crippen molar-refractivity contribution in [3.05, 3.63) is 132 Å². The number of imidazole rings is 1. The number of carbonyl (C=O) groups is 4. The molecule has 5 aromatic carbocycles. The van der Waals surface area contributed by atoms with Gasteiger partial charge in [0, 0.05) is 25.2 Å². The second-order valence-corrected chi connectivity index (χ2v) is 17.3. The predicted molar refractivity (Wildman–Crippen MR) is 251 cm³/mol. The molecule has 13 nitrogen and oxygen atoms in total. The van der Waals surface area contributed by atoms with Gasteiger partial charge in [-0.05, 0) is 93.5 Å². The summed E-state index contributed by atoms with van der Waals surface area (Å²) in [5.41, 5.74) is 10.1. The number of likely N-dealkylation sites (tertiary alicyclic amines) is 2. The second-order valence-electron chi connectivity index (χ2n) is 17.3. The van der Waals surface area contributed by atoms with Crippen molar-refractivity contribution < 1.29 is 28.7 Å². The minimum Gasteiger partial charge on any atom is -0.453 e. The van der Waals surface area contributed by atoms with Gasteiger partial charge in [-0.25, -0.2) is 14.6 Å². The molecule has 0 radical (unpaired) electrons. The molecule has 65 heavy (non-hydrogen) atoms. The fraction of sp³-hybridized carbons (Fsp3) is 0.308. The molecule has 2 saturated heterocycles. The van der Waals surface area contributed by atoms with Gasteiger partial charge in [-0.3, -0.25) is 14.6 Å². The molecule has 0 spiro atoms. The highest BCUT2D eigenvalue weighted by Crippen LogP contribution is 2.39. The maximum atomic E-state index is 14.1. The number of aromatic amines is 1. The van der Waals surface area contributed by atoms with Crippen molar-refractivity contribution in [1.82, 2.24) is 30.4 Å². The van der Waals surface area contributed by atoms with E-state index in [2.05, 4.69) is 94.5 Å². The number of carbonyl (C=O) groups excluding carboxylic acids is 4. The third kappa shape index (κ3) is 8.70. The van der Waals surface area contributed by atoms with Crippen LogP contribution >= 0.6 is 0 Å². The number of nitrogens with one attached hydrogen (secondary N) is 3. The number of aromatic nitrogens is 2. The average molecular weight is 872 g/mol. The molecule has 0 aliphatic carbocycles. The quantitative estimate of drug-likeness (QED) is 0.117. The third-order valence-corrected chi connectivity index (χ3v) is 13.1. The van der Waals surface area contributed by atoms with Crippen LogP contribution < -0.4 is 10.6 Å². The molecule has 4 atom stereocenters. The van der Waals surface area contributed by atoms with Gasteiger partial charge in [-0.1, -0.05) is 111 Å². The van der Waals surface area contributed by atoms with E-state index in [9.17, 15) is 19.2 Å². The van der Waals surface area contributed by atoms with Crippen LogP contribution in [0.1, 0.15) is 68.6 Å². The second kappa shape index (κ2) is 18.4. The molecule has 0 bridgehead atoms. The van der Waals surface area contributed by atoms with Crippen LogP contribution in [-0.2, 0) is 25.5 Å². The molecule has 332 valence electrons. The van der Waals surface area contributed by atoms with E-state index in [0.717, 1.165) is 87.2 Å². The lowest BCUT2D eigenvalue weighted by Crippen LogP contribution is -2.51. The summed E-state index contributed by atoms with van der Waals surface area (Å²) in [6.07, 6.45) is 4.52. The number of hydrogen-bond donors (Lipinski definition) is 3. The van der Waals surface area contributed by atoms with Crippen LogP contribution in [0.3, 0.4) is 0 Å². The number of rotatable bonds is 11. The van der Waals surface area contributed by atoms with E-state index in [1.54, 1.807) is 0 Å². The Kier molecular flexibility index (Phi) is 12.2. The molecule has 2 fully saturated rings. The van der Waals surface area contributed by atoms with Crippen LogP contribution in [0, 0.1) is 5.92 Å². The van der Waals surface area contributed by atoms with E-state index in [1.165, 1.54) is 19.8 Å². The number of ether oxygens (including phenoxy) is 2. The first-order valence-corrected chi connectivity index (χ1v) is 22.3. The van der Waals surface area contributed by atoms with Gasteiger partial charge in [0.15, 0.2) is 0 Å². The molecule has 6 aromatic rings. The number of alkyl carbamates (subject to hydrolysis) is 2. The number of H-pyrrole nitrogens is 1. The lowest BCUT2D eigenvalue weighted by atomic mass is 9.94. The largest absolute Gasteiger partial charge is 0.453 e. The van der Waals surface area contributed by atoms with Crippen molar-refractivity contribution in [1.29, 1.82) is 0 Å². The summed E-state index contributed by atoms with van der Waals surface area (Å²) in [7, 11) is 2.59. The zero-order valence-electron chi connectivity index (χ0n) is 37.0. The Labute approximate surface area is 378 Å². The standard InChI is InChI=1S/C52H53N7O6/c1-31(2)46(56-51(62)64-3)49(60)59-27-9-13-45(59)48-53-30-43(55-48)35-20-18-33(19-21-35)32-14-16-34(17-15-32)37-22-24-39-38(28-37)23-25-41-40(39)29-42(54-41)44-12-8-26-58(44)50(61)47(57-52(63)65-4)36-10-6-5-7-11-36/h5-7,10-11,14-25,28,30-31,44-47H,8-9,12-13,26-27,29H2,1-4H3,(H,53,55)(H,56,62)(H,57,63)/t44-,45-,46-,47+/m0/s1. The molecule has 0 unspecified atom stereocenters. The van der Waals surface area contributed by atoms with Crippen LogP contribution in [0.4, 0.5) is 15.3 Å². The molecular formula is C52H53N7O6. The zero-order valence-corrected chi connectivity index (χ0v) is 37.0. The first kappa shape index (κ1) is 43.0. The smallest absolute Gasteiger partial charge is 0.407 e. The molecule has 0 saturated carbocycles. The molecular weight excluding hydrogens is 819 g/mol. The van der Waals surface area contributed by atoms with Crippen molar-refractivity contribution in [3.63, 3.8) is 0 Å². The topological polar surface area (TPSA) is 158 Å². The molecule has 4 amide bonds. The molecule has 3 N–H and O–H groups in total. The van der Waals surface area contributed by atoms with Gasteiger partial charge in [0.25, 0.3) is 0 Å². The number of hydrogen-bond acceptors (Lipinski definition) is 8. The van der Waals surface area contributed by atoms with E-state index in [0.29, 0.717) is 25.1 Å². The Hall–Kier alpha value is -7.28. The maximum absolute atomic E-state index is 14.1. The average Bonchev–Trinajstić information content (AvgIpc) is 4.19. The van der Waals surface area contributed by atoms with Crippen molar-refractivity contribution in [2.75, 3.05) is 27.3 Å².